The third-order valence-electron chi connectivity index (χ3n) is 6.46. The van der Waals surface area contributed by atoms with Crippen molar-refractivity contribution in [3.8, 4) is 17.5 Å². The number of hydrogen-bond donors (Lipinski definition) is 1. The van der Waals surface area contributed by atoms with E-state index in [0.717, 1.165) is 23.5 Å². The fraction of sp³-hybridized carbons (Fsp3) is 0.231. The molecule has 1 atom stereocenters. The SMILES string of the molecule is Cc1ccc([C@@H](c2sc3nc(-c4ccco4)nn3c2O)N2CCN(c3ccccc3F)CC2)cc1. The van der Waals surface area contributed by atoms with Gasteiger partial charge in [-0.1, -0.05) is 53.3 Å². The number of furan rings is 1. The summed E-state index contributed by atoms with van der Waals surface area (Å²) in [6, 6.07) is 18.7. The van der Waals surface area contributed by atoms with Crippen molar-refractivity contribution in [3.05, 3.63) is 88.7 Å². The number of rotatable bonds is 5. The highest BCUT2D eigenvalue weighted by Gasteiger charge is 2.32. The van der Waals surface area contributed by atoms with Crippen LogP contribution in [0.15, 0.2) is 71.3 Å². The zero-order valence-electron chi connectivity index (χ0n) is 19.1. The van der Waals surface area contributed by atoms with Crippen molar-refractivity contribution in [1.29, 1.82) is 0 Å². The van der Waals surface area contributed by atoms with Crippen LogP contribution >= 0.6 is 11.3 Å². The largest absolute Gasteiger partial charge is 0.492 e. The Morgan fingerprint density at radius 1 is 1.00 bits per heavy atom. The van der Waals surface area contributed by atoms with Crippen molar-refractivity contribution in [2.24, 2.45) is 0 Å². The van der Waals surface area contributed by atoms with E-state index in [0.29, 0.717) is 35.3 Å². The molecule has 0 bridgehead atoms. The van der Waals surface area contributed by atoms with Crippen LogP contribution in [0.2, 0.25) is 0 Å². The molecule has 178 valence electrons. The number of halogens is 1. The average Bonchev–Trinajstić information content (AvgIpc) is 3.60. The van der Waals surface area contributed by atoms with Crippen LogP contribution in [0.3, 0.4) is 0 Å². The molecule has 35 heavy (non-hydrogen) atoms. The van der Waals surface area contributed by atoms with Crippen LogP contribution in [0.4, 0.5) is 10.1 Å². The van der Waals surface area contributed by atoms with Crippen LogP contribution in [0.25, 0.3) is 16.5 Å². The zero-order chi connectivity index (χ0) is 23.9. The summed E-state index contributed by atoms with van der Waals surface area (Å²) in [5.41, 5.74) is 2.89. The van der Waals surface area contributed by atoms with Crippen LogP contribution in [-0.2, 0) is 0 Å². The van der Waals surface area contributed by atoms with Gasteiger partial charge in [0.05, 0.1) is 22.9 Å². The number of para-hydroxylation sites is 1. The van der Waals surface area contributed by atoms with Gasteiger partial charge in [-0.3, -0.25) is 4.90 Å². The lowest BCUT2D eigenvalue weighted by atomic mass is 10.0. The molecule has 4 heterocycles. The molecule has 0 spiro atoms. The normalized spacial score (nSPS) is 15.7. The zero-order valence-corrected chi connectivity index (χ0v) is 20.0. The van der Waals surface area contributed by atoms with Gasteiger partial charge >= 0.3 is 0 Å². The highest BCUT2D eigenvalue weighted by molar-refractivity contribution is 7.17. The molecule has 6 rings (SSSR count). The van der Waals surface area contributed by atoms with Gasteiger partial charge in [0.1, 0.15) is 5.82 Å². The Morgan fingerprint density at radius 3 is 2.46 bits per heavy atom. The van der Waals surface area contributed by atoms with Gasteiger partial charge in [-0.2, -0.15) is 9.50 Å². The first-order chi connectivity index (χ1) is 17.1. The molecule has 1 N–H and O–H groups in total. The number of aromatic hydroxyl groups is 1. The van der Waals surface area contributed by atoms with Gasteiger partial charge in [-0.05, 0) is 36.8 Å². The van der Waals surface area contributed by atoms with Gasteiger partial charge in [0.15, 0.2) is 5.76 Å². The van der Waals surface area contributed by atoms with Gasteiger partial charge in [0.25, 0.3) is 0 Å². The second-order valence-electron chi connectivity index (χ2n) is 8.68. The first kappa shape index (κ1) is 21.8. The number of nitrogens with zero attached hydrogens (tertiary/aromatic N) is 5. The summed E-state index contributed by atoms with van der Waals surface area (Å²) in [7, 11) is 0. The number of fused-ring (bicyclic) bond motifs is 1. The van der Waals surface area contributed by atoms with Crippen molar-refractivity contribution >= 4 is 22.0 Å². The molecule has 0 saturated carbocycles. The first-order valence-electron chi connectivity index (χ1n) is 11.5. The number of piperazine rings is 1. The van der Waals surface area contributed by atoms with Crippen molar-refractivity contribution in [3.63, 3.8) is 0 Å². The maximum absolute atomic E-state index is 14.4. The molecule has 1 aliphatic heterocycles. The van der Waals surface area contributed by atoms with Gasteiger partial charge < -0.3 is 14.4 Å². The molecule has 9 heteroatoms. The Morgan fingerprint density at radius 2 is 1.77 bits per heavy atom. The number of anilines is 1. The maximum atomic E-state index is 14.4. The summed E-state index contributed by atoms with van der Waals surface area (Å²) >= 11 is 1.42. The number of aromatic nitrogens is 3. The first-order valence-corrected chi connectivity index (χ1v) is 12.3. The van der Waals surface area contributed by atoms with Crippen LogP contribution in [0, 0.1) is 12.7 Å². The van der Waals surface area contributed by atoms with E-state index in [-0.39, 0.29) is 17.7 Å². The van der Waals surface area contributed by atoms with Crippen LogP contribution in [-0.4, -0.2) is 50.8 Å². The van der Waals surface area contributed by atoms with Gasteiger partial charge in [0, 0.05) is 26.2 Å². The third-order valence-corrected chi connectivity index (χ3v) is 7.53. The molecule has 2 aromatic carbocycles. The Balaban J connectivity index is 1.34. The fourth-order valence-electron chi connectivity index (χ4n) is 4.64. The highest BCUT2D eigenvalue weighted by atomic mass is 32.1. The Bertz CT molecular complexity index is 1450. The quantitative estimate of drug-likeness (QED) is 0.370. The minimum atomic E-state index is -0.202. The average molecular weight is 490 g/mol. The highest BCUT2D eigenvalue weighted by Crippen LogP contribution is 2.41. The standard InChI is InChI=1S/C26H24FN5O2S/c1-17-8-10-18(11-9-17)22(31-14-12-30(13-15-31)20-6-3-2-5-19(20)27)23-25(33)32-26(35-23)28-24(29-32)21-7-4-16-34-21/h2-11,16,22,33H,12-15H2,1H3/t22-/m0/s1. The number of hydrogen-bond acceptors (Lipinski definition) is 7. The van der Waals surface area contributed by atoms with E-state index in [1.54, 1.807) is 24.5 Å². The lowest BCUT2D eigenvalue weighted by Crippen LogP contribution is -2.48. The maximum Gasteiger partial charge on any atom is 0.230 e. The van der Waals surface area contributed by atoms with Gasteiger partial charge in [-0.15, -0.1) is 5.10 Å². The van der Waals surface area contributed by atoms with Crippen molar-refractivity contribution in [1.82, 2.24) is 19.5 Å². The molecule has 1 fully saturated rings. The van der Waals surface area contributed by atoms with Crippen LogP contribution < -0.4 is 4.90 Å². The Labute approximate surface area is 205 Å². The molecule has 1 saturated heterocycles. The lowest BCUT2D eigenvalue weighted by molar-refractivity contribution is 0.210. The molecule has 0 unspecified atom stereocenters. The van der Waals surface area contributed by atoms with Gasteiger partial charge in [-0.25, -0.2) is 4.39 Å². The summed E-state index contributed by atoms with van der Waals surface area (Å²) in [6.07, 6.45) is 1.57. The second-order valence-corrected chi connectivity index (χ2v) is 9.69. The number of benzene rings is 2. The molecule has 1 aliphatic rings. The van der Waals surface area contributed by atoms with E-state index in [1.165, 1.54) is 27.5 Å². The molecule has 7 nitrogen and oxygen atoms in total. The fourth-order valence-corrected chi connectivity index (χ4v) is 5.76. The Hall–Kier alpha value is -3.69. The van der Waals surface area contributed by atoms with E-state index >= 15 is 0 Å². The van der Waals surface area contributed by atoms with E-state index in [1.807, 2.05) is 12.1 Å². The molecule has 0 aliphatic carbocycles. The van der Waals surface area contributed by atoms with Crippen LogP contribution in [0.1, 0.15) is 22.0 Å². The van der Waals surface area contributed by atoms with Gasteiger partial charge in [0.2, 0.25) is 16.7 Å². The topological polar surface area (TPSA) is 70.0 Å². The monoisotopic (exact) mass is 489 g/mol. The molecular formula is C26H24FN5O2S. The van der Waals surface area contributed by atoms with Crippen LogP contribution in [0.5, 0.6) is 5.88 Å². The second kappa shape index (κ2) is 8.83. The molecule has 5 aromatic rings. The van der Waals surface area contributed by atoms with E-state index < -0.39 is 0 Å². The third kappa shape index (κ3) is 3.96. The minimum absolute atomic E-state index is 0.0809. The van der Waals surface area contributed by atoms with E-state index in [9.17, 15) is 9.50 Å². The molecule has 0 radical (unpaired) electrons. The summed E-state index contributed by atoms with van der Waals surface area (Å²) < 4.78 is 21.3. The lowest BCUT2D eigenvalue weighted by Gasteiger charge is -2.40. The Kier molecular flexibility index (Phi) is 5.50. The van der Waals surface area contributed by atoms with E-state index in [4.69, 9.17) is 4.42 Å². The van der Waals surface area contributed by atoms with Crippen molar-refractivity contribution in [2.45, 2.75) is 13.0 Å². The van der Waals surface area contributed by atoms with E-state index in [2.05, 4.69) is 51.1 Å². The smallest absolute Gasteiger partial charge is 0.230 e. The molecule has 3 aromatic heterocycles. The van der Waals surface area contributed by atoms with Crippen molar-refractivity contribution in [2.75, 3.05) is 31.1 Å². The predicted octanol–water partition coefficient (Wildman–Crippen LogP) is 5.12. The number of thiazole rings is 1. The summed E-state index contributed by atoms with van der Waals surface area (Å²) in [5.74, 6) is 0.874. The molecule has 0 amide bonds. The summed E-state index contributed by atoms with van der Waals surface area (Å²) in [6.45, 7) is 4.87. The summed E-state index contributed by atoms with van der Waals surface area (Å²) in [5, 5.41) is 15.7. The predicted molar refractivity (Wildman–Crippen MR) is 133 cm³/mol. The number of aryl methyl sites for hydroxylation is 1. The summed E-state index contributed by atoms with van der Waals surface area (Å²) in [4.78, 5) is 10.4. The minimum Gasteiger partial charge on any atom is -0.492 e. The molecular weight excluding hydrogens is 465 g/mol. The van der Waals surface area contributed by atoms with Crippen molar-refractivity contribution < 1.29 is 13.9 Å².